The van der Waals surface area contributed by atoms with Gasteiger partial charge in [0.15, 0.2) is 0 Å². The molecule has 1 saturated carbocycles. The molecule has 0 saturated heterocycles. The van der Waals surface area contributed by atoms with Crippen LogP contribution in [0.5, 0.6) is 0 Å². The molecule has 5 rings (SSSR count). The molecule has 3 heterocycles. The Morgan fingerprint density at radius 3 is 2.85 bits per heavy atom. The van der Waals surface area contributed by atoms with E-state index in [1.807, 2.05) is 15.6 Å². The molecule has 0 radical (unpaired) electrons. The van der Waals surface area contributed by atoms with Crippen LogP contribution >= 0.6 is 11.3 Å². The van der Waals surface area contributed by atoms with Crippen LogP contribution in [0.25, 0.3) is 0 Å². The third-order valence-corrected chi connectivity index (χ3v) is 7.12. The highest BCUT2D eigenvalue weighted by Crippen LogP contribution is 2.40. The summed E-state index contributed by atoms with van der Waals surface area (Å²) in [4.78, 5) is 17.4. The first-order valence-corrected chi connectivity index (χ1v) is 10.7. The minimum absolute atomic E-state index is 0.156. The zero-order valence-electron chi connectivity index (χ0n) is 15.0. The maximum absolute atomic E-state index is 13.1. The average molecular weight is 372 g/mol. The predicted molar refractivity (Wildman–Crippen MR) is 100 cm³/mol. The Hall–Kier alpha value is -1.66. The van der Waals surface area contributed by atoms with Crippen molar-refractivity contribution in [3.63, 3.8) is 0 Å². The summed E-state index contributed by atoms with van der Waals surface area (Å²) >= 11 is 1.69. The SMILES string of the molecule is O=C(c1cc2c(s1)CCCC2)N1CCCn2nc([C@@H](O)C3CC3)cc2C1. The van der Waals surface area contributed by atoms with Gasteiger partial charge in [-0.2, -0.15) is 5.10 Å². The van der Waals surface area contributed by atoms with Crippen LogP contribution in [0, 0.1) is 5.92 Å². The molecule has 3 aliphatic rings. The second-order valence-electron chi connectivity index (χ2n) is 7.91. The molecule has 26 heavy (non-hydrogen) atoms. The second-order valence-corrected chi connectivity index (χ2v) is 9.05. The summed E-state index contributed by atoms with van der Waals surface area (Å²) in [6.45, 7) is 2.18. The third-order valence-electron chi connectivity index (χ3n) is 5.90. The summed E-state index contributed by atoms with van der Waals surface area (Å²) in [7, 11) is 0. The van der Waals surface area contributed by atoms with Crippen molar-refractivity contribution in [1.82, 2.24) is 14.7 Å². The molecule has 2 aromatic heterocycles. The smallest absolute Gasteiger partial charge is 0.264 e. The number of aromatic nitrogens is 2. The molecule has 0 aromatic carbocycles. The lowest BCUT2D eigenvalue weighted by Crippen LogP contribution is -2.30. The molecule has 1 aliphatic heterocycles. The fourth-order valence-electron chi connectivity index (χ4n) is 4.21. The summed E-state index contributed by atoms with van der Waals surface area (Å²) in [6, 6.07) is 4.14. The lowest BCUT2D eigenvalue weighted by atomic mass is 9.99. The molecule has 138 valence electrons. The highest BCUT2D eigenvalue weighted by molar-refractivity contribution is 7.14. The molecule has 2 aliphatic carbocycles. The fraction of sp³-hybridized carbons (Fsp3) is 0.600. The fourth-order valence-corrected chi connectivity index (χ4v) is 5.43. The van der Waals surface area contributed by atoms with E-state index in [0.717, 1.165) is 61.5 Å². The number of rotatable bonds is 3. The number of hydrogen-bond donors (Lipinski definition) is 1. The molecule has 0 unspecified atom stereocenters. The van der Waals surface area contributed by atoms with Crippen molar-refractivity contribution in [2.24, 2.45) is 5.92 Å². The zero-order valence-corrected chi connectivity index (χ0v) is 15.8. The van der Waals surface area contributed by atoms with Gasteiger partial charge in [-0.25, -0.2) is 0 Å². The minimum Gasteiger partial charge on any atom is -0.386 e. The molecule has 1 N–H and O–H groups in total. The number of aliphatic hydroxyl groups excluding tert-OH is 1. The molecule has 1 amide bonds. The number of amides is 1. The van der Waals surface area contributed by atoms with Crippen LogP contribution in [0.3, 0.4) is 0 Å². The van der Waals surface area contributed by atoms with Gasteiger partial charge in [0.2, 0.25) is 0 Å². The Balaban J connectivity index is 1.36. The number of fused-ring (bicyclic) bond motifs is 2. The van der Waals surface area contributed by atoms with E-state index in [4.69, 9.17) is 0 Å². The Kier molecular flexibility index (Phi) is 4.13. The first-order chi connectivity index (χ1) is 12.7. The van der Waals surface area contributed by atoms with E-state index in [-0.39, 0.29) is 5.91 Å². The summed E-state index contributed by atoms with van der Waals surface area (Å²) in [5.74, 6) is 0.535. The molecule has 1 fully saturated rings. The second kappa shape index (κ2) is 6.50. The molecule has 0 bridgehead atoms. The van der Waals surface area contributed by atoms with Gasteiger partial charge in [0, 0.05) is 18.0 Å². The number of thiophene rings is 1. The first-order valence-electron chi connectivity index (χ1n) is 9.84. The summed E-state index contributed by atoms with van der Waals surface area (Å²) in [5.41, 5.74) is 3.22. The Morgan fingerprint density at radius 2 is 2.04 bits per heavy atom. The van der Waals surface area contributed by atoms with Gasteiger partial charge < -0.3 is 10.0 Å². The van der Waals surface area contributed by atoms with Crippen molar-refractivity contribution in [3.8, 4) is 0 Å². The molecule has 5 nitrogen and oxygen atoms in total. The number of aryl methyl sites for hydroxylation is 3. The average Bonchev–Trinajstić information content (AvgIpc) is 3.34. The van der Waals surface area contributed by atoms with Gasteiger partial charge in [0.1, 0.15) is 6.10 Å². The molecule has 2 aromatic rings. The van der Waals surface area contributed by atoms with E-state index < -0.39 is 6.10 Å². The third kappa shape index (κ3) is 2.99. The highest BCUT2D eigenvalue weighted by atomic mass is 32.1. The van der Waals surface area contributed by atoms with E-state index in [2.05, 4.69) is 11.2 Å². The maximum atomic E-state index is 13.1. The predicted octanol–water partition coefficient (Wildman–Crippen LogP) is 3.31. The lowest BCUT2D eigenvalue weighted by Gasteiger charge is -2.19. The molecular formula is C20H25N3O2S. The van der Waals surface area contributed by atoms with E-state index in [1.54, 1.807) is 11.3 Å². The van der Waals surface area contributed by atoms with Crippen molar-refractivity contribution < 1.29 is 9.90 Å². The van der Waals surface area contributed by atoms with E-state index in [1.165, 1.54) is 23.3 Å². The highest BCUT2D eigenvalue weighted by Gasteiger charge is 2.33. The van der Waals surface area contributed by atoms with Crippen molar-refractivity contribution >= 4 is 17.2 Å². The van der Waals surface area contributed by atoms with Gasteiger partial charge in [0.25, 0.3) is 5.91 Å². The quantitative estimate of drug-likeness (QED) is 0.900. The Labute approximate surface area is 157 Å². The summed E-state index contributed by atoms with van der Waals surface area (Å²) in [6.07, 6.45) is 7.39. The van der Waals surface area contributed by atoms with Gasteiger partial charge in [-0.3, -0.25) is 9.48 Å². The number of hydrogen-bond acceptors (Lipinski definition) is 4. The normalized spacial score (nSPS) is 21.0. The molecule has 6 heteroatoms. The van der Waals surface area contributed by atoms with E-state index in [0.29, 0.717) is 12.5 Å². The van der Waals surface area contributed by atoms with Crippen molar-refractivity contribution in [2.45, 2.75) is 64.1 Å². The van der Waals surface area contributed by atoms with Crippen molar-refractivity contribution in [1.29, 1.82) is 0 Å². The van der Waals surface area contributed by atoms with Crippen LogP contribution in [-0.2, 0) is 25.9 Å². The molecule has 0 spiro atoms. The van der Waals surface area contributed by atoms with Gasteiger partial charge in [-0.15, -0.1) is 11.3 Å². The van der Waals surface area contributed by atoms with Crippen molar-refractivity contribution in [3.05, 3.63) is 38.8 Å². The van der Waals surface area contributed by atoms with E-state index >= 15 is 0 Å². The summed E-state index contributed by atoms with van der Waals surface area (Å²) < 4.78 is 1.99. The topological polar surface area (TPSA) is 58.4 Å². The monoisotopic (exact) mass is 371 g/mol. The van der Waals surface area contributed by atoms with Gasteiger partial charge in [0.05, 0.1) is 22.8 Å². The van der Waals surface area contributed by atoms with Crippen LogP contribution < -0.4 is 0 Å². The van der Waals surface area contributed by atoms with E-state index in [9.17, 15) is 9.90 Å². The largest absolute Gasteiger partial charge is 0.386 e. The standard InChI is InChI=1S/C20H25N3O2S/c24-19(13-6-7-13)16-11-15-12-22(8-3-9-23(15)21-16)20(25)18-10-14-4-1-2-5-17(14)26-18/h10-11,13,19,24H,1-9,12H2/t19-/m0/s1. The van der Waals surface area contributed by atoms with Crippen LogP contribution in [0.2, 0.25) is 0 Å². The van der Waals surface area contributed by atoms with Crippen LogP contribution in [0.1, 0.15) is 69.7 Å². The lowest BCUT2D eigenvalue weighted by molar-refractivity contribution is 0.0750. The van der Waals surface area contributed by atoms with Gasteiger partial charge in [-0.05, 0) is 68.6 Å². The number of carbonyl (C=O) groups excluding carboxylic acids is 1. The van der Waals surface area contributed by atoms with Gasteiger partial charge >= 0.3 is 0 Å². The Morgan fingerprint density at radius 1 is 1.19 bits per heavy atom. The maximum Gasteiger partial charge on any atom is 0.264 e. The van der Waals surface area contributed by atoms with Crippen LogP contribution in [0.15, 0.2) is 12.1 Å². The van der Waals surface area contributed by atoms with Crippen LogP contribution in [-0.4, -0.2) is 32.2 Å². The molecular weight excluding hydrogens is 346 g/mol. The summed E-state index contributed by atoms with van der Waals surface area (Å²) in [5, 5.41) is 15.0. The van der Waals surface area contributed by atoms with Crippen LogP contribution in [0.4, 0.5) is 0 Å². The number of carbonyl (C=O) groups is 1. The van der Waals surface area contributed by atoms with Gasteiger partial charge in [-0.1, -0.05) is 0 Å². The number of aliphatic hydroxyl groups is 1. The number of nitrogens with zero attached hydrogens (tertiary/aromatic N) is 3. The minimum atomic E-state index is -0.442. The zero-order chi connectivity index (χ0) is 17.7. The Bertz CT molecular complexity index is 813. The van der Waals surface area contributed by atoms with Crippen molar-refractivity contribution in [2.75, 3.05) is 6.54 Å². The first kappa shape index (κ1) is 16.5. The molecule has 1 atom stereocenters.